The first-order chi connectivity index (χ1) is 9.73. The summed E-state index contributed by atoms with van der Waals surface area (Å²) in [5, 5.41) is 8.54. The predicted octanol–water partition coefficient (Wildman–Crippen LogP) is 2.35. The van der Waals surface area contributed by atoms with E-state index in [1.165, 1.54) is 26.3 Å². The lowest BCUT2D eigenvalue weighted by atomic mass is 10.2. The van der Waals surface area contributed by atoms with Crippen molar-refractivity contribution in [1.82, 2.24) is 4.31 Å². The first-order valence-corrected chi connectivity index (χ1v) is 8.09. The van der Waals surface area contributed by atoms with Gasteiger partial charge in [0.25, 0.3) is 0 Å². The van der Waals surface area contributed by atoms with E-state index < -0.39 is 26.6 Å². The van der Waals surface area contributed by atoms with Crippen LogP contribution in [-0.4, -0.2) is 51.1 Å². The Labute approximate surface area is 133 Å². The number of halogens is 2. The second kappa shape index (κ2) is 7.42. The topological polar surface area (TPSA) is 83.9 Å². The number of rotatable bonds is 7. The Morgan fingerprint density at radius 2 is 2.00 bits per heavy atom. The van der Waals surface area contributed by atoms with E-state index in [-0.39, 0.29) is 16.5 Å². The van der Waals surface area contributed by atoms with Crippen molar-refractivity contribution in [3.05, 3.63) is 27.7 Å². The van der Waals surface area contributed by atoms with E-state index in [4.69, 9.17) is 33.0 Å². The number of aromatic carboxylic acids is 1. The number of hydrogen-bond acceptors (Lipinski definition) is 4. The molecule has 0 amide bonds. The van der Waals surface area contributed by atoms with Crippen LogP contribution in [0.15, 0.2) is 17.0 Å². The first kappa shape index (κ1) is 18.2. The molecule has 6 nitrogen and oxygen atoms in total. The molecular weight excluding hydrogens is 341 g/mol. The van der Waals surface area contributed by atoms with Crippen LogP contribution in [0.25, 0.3) is 0 Å². The normalized spacial score (nSPS) is 11.9. The molecule has 0 saturated heterocycles. The van der Waals surface area contributed by atoms with Gasteiger partial charge in [0.05, 0.1) is 15.6 Å². The van der Waals surface area contributed by atoms with E-state index in [2.05, 4.69) is 0 Å². The van der Waals surface area contributed by atoms with Crippen LogP contribution in [0.2, 0.25) is 10.0 Å². The summed E-state index contributed by atoms with van der Waals surface area (Å²) in [6.07, 6.45) is 0.503. The lowest BCUT2D eigenvalue weighted by Gasteiger charge is -2.18. The third-order valence-corrected chi connectivity index (χ3v) is 5.50. The lowest BCUT2D eigenvalue weighted by molar-refractivity contribution is 0.0697. The Morgan fingerprint density at radius 3 is 2.52 bits per heavy atom. The van der Waals surface area contributed by atoms with Crippen molar-refractivity contribution in [2.45, 2.75) is 11.3 Å². The van der Waals surface area contributed by atoms with Gasteiger partial charge in [-0.2, -0.15) is 0 Å². The molecule has 0 saturated carbocycles. The zero-order valence-electron chi connectivity index (χ0n) is 11.5. The SMILES string of the molecule is COCCCN(C)S(=O)(=O)c1ccc(Cl)c(C(=O)O)c1Cl. The van der Waals surface area contributed by atoms with Crippen molar-refractivity contribution in [2.75, 3.05) is 27.3 Å². The van der Waals surface area contributed by atoms with E-state index in [9.17, 15) is 13.2 Å². The molecular formula is C12H15Cl2NO5S. The van der Waals surface area contributed by atoms with Crippen LogP contribution in [-0.2, 0) is 14.8 Å². The molecule has 0 atom stereocenters. The van der Waals surface area contributed by atoms with Gasteiger partial charge in [-0.25, -0.2) is 17.5 Å². The largest absolute Gasteiger partial charge is 0.478 e. The average Bonchev–Trinajstić information content (AvgIpc) is 2.38. The maximum atomic E-state index is 12.4. The van der Waals surface area contributed by atoms with Crippen molar-refractivity contribution >= 4 is 39.2 Å². The molecule has 0 spiro atoms. The van der Waals surface area contributed by atoms with Gasteiger partial charge in [0.15, 0.2) is 0 Å². The first-order valence-electron chi connectivity index (χ1n) is 5.90. The van der Waals surface area contributed by atoms with Crippen LogP contribution in [0.4, 0.5) is 0 Å². The smallest absolute Gasteiger partial charge is 0.338 e. The third kappa shape index (κ3) is 4.08. The van der Waals surface area contributed by atoms with E-state index in [1.807, 2.05) is 0 Å². The number of sulfonamides is 1. The van der Waals surface area contributed by atoms with E-state index in [0.29, 0.717) is 13.0 Å². The van der Waals surface area contributed by atoms with Gasteiger partial charge < -0.3 is 9.84 Å². The minimum Gasteiger partial charge on any atom is -0.478 e. The Bertz CT molecular complexity index is 633. The van der Waals surface area contributed by atoms with E-state index in [1.54, 1.807) is 0 Å². The molecule has 1 N–H and O–H groups in total. The van der Waals surface area contributed by atoms with Crippen molar-refractivity contribution in [1.29, 1.82) is 0 Å². The Balaban J connectivity index is 3.20. The second-order valence-corrected chi connectivity index (χ2v) is 7.01. The Hall–Kier alpha value is -0.860. The molecule has 1 aromatic rings. The molecule has 0 unspecified atom stereocenters. The summed E-state index contributed by atoms with van der Waals surface area (Å²) in [4.78, 5) is 10.8. The van der Waals surface area contributed by atoms with E-state index in [0.717, 1.165) is 4.31 Å². The molecule has 0 aliphatic carbocycles. The molecule has 0 radical (unpaired) electrons. The highest BCUT2D eigenvalue weighted by Gasteiger charge is 2.27. The summed E-state index contributed by atoms with van der Waals surface area (Å²) in [6, 6.07) is 2.39. The molecule has 0 heterocycles. The molecule has 0 aromatic heterocycles. The van der Waals surface area contributed by atoms with Crippen LogP contribution in [0.5, 0.6) is 0 Å². The summed E-state index contributed by atoms with van der Waals surface area (Å²) in [6.45, 7) is 0.631. The summed E-state index contributed by atoms with van der Waals surface area (Å²) in [5.41, 5.74) is -0.426. The number of methoxy groups -OCH3 is 1. The number of carbonyl (C=O) groups is 1. The maximum Gasteiger partial charge on any atom is 0.338 e. The van der Waals surface area contributed by atoms with Crippen molar-refractivity contribution in [2.24, 2.45) is 0 Å². The van der Waals surface area contributed by atoms with Crippen LogP contribution in [0.1, 0.15) is 16.8 Å². The molecule has 118 valence electrons. The average molecular weight is 356 g/mol. The number of benzene rings is 1. The number of ether oxygens (including phenoxy) is 1. The van der Waals surface area contributed by atoms with Gasteiger partial charge in [0.2, 0.25) is 10.0 Å². The molecule has 21 heavy (non-hydrogen) atoms. The van der Waals surface area contributed by atoms with Crippen molar-refractivity contribution < 1.29 is 23.1 Å². The number of carboxylic acids is 1. The maximum absolute atomic E-state index is 12.4. The Morgan fingerprint density at radius 1 is 1.38 bits per heavy atom. The van der Waals surface area contributed by atoms with Gasteiger partial charge in [-0.15, -0.1) is 0 Å². The third-order valence-electron chi connectivity index (χ3n) is 2.78. The van der Waals surface area contributed by atoms with Gasteiger partial charge >= 0.3 is 5.97 Å². The predicted molar refractivity (Wildman–Crippen MR) is 79.7 cm³/mol. The van der Waals surface area contributed by atoms with Gasteiger partial charge in [0, 0.05) is 27.3 Å². The molecule has 0 bridgehead atoms. The summed E-state index contributed by atoms with van der Waals surface area (Å²) < 4.78 is 30.7. The second-order valence-electron chi connectivity index (χ2n) is 4.21. The fraction of sp³-hybridized carbons (Fsp3) is 0.417. The highest BCUT2D eigenvalue weighted by atomic mass is 35.5. The molecule has 1 aromatic carbocycles. The van der Waals surface area contributed by atoms with Crippen molar-refractivity contribution in [3.8, 4) is 0 Å². The van der Waals surface area contributed by atoms with Gasteiger partial charge in [0.1, 0.15) is 4.90 Å². The fourth-order valence-corrected chi connectivity index (χ4v) is 3.75. The minimum atomic E-state index is -3.90. The van der Waals surface area contributed by atoms with Crippen LogP contribution in [0.3, 0.4) is 0 Å². The summed E-state index contributed by atoms with van der Waals surface area (Å²) in [7, 11) is -0.996. The standard InChI is InChI=1S/C12H15Cl2NO5S/c1-15(6-3-7-20-2)21(18,19)9-5-4-8(13)10(11(9)14)12(16)17/h4-5H,3,6-7H2,1-2H3,(H,16,17). The molecule has 1 rings (SSSR count). The number of hydrogen-bond donors (Lipinski definition) is 1. The van der Waals surface area contributed by atoms with Gasteiger partial charge in [-0.3, -0.25) is 0 Å². The van der Waals surface area contributed by atoms with Gasteiger partial charge in [-0.1, -0.05) is 23.2 Å². The quantitative estimate of drug-likeness (QED) is 0.758. The van der Waals surface area contributed by atoms with Gasteiger partial charge in [-0.05, 0) is 18.6 Å². The highest BCUT2D eigenvalue weighted by molar-refractivity contribution is 7.89. The number of carboxylic acid groups (broad SMARTS) is 1. The monoisotopic (exact) mass is 355 g/mol. The van der Waals surface area contributed by atoms with Crippen LogP contribution >= 0.6 is 23.2 Å². The fourth-order valence-electron chi connectivity index (χ4n) is 1.65. The molecule has 9 heteroatoms. The highest BCUT2D eigenvalue weighted by Crippen LogP contribution is 2.32. The number of nitrogens with zero attached hydrogens (tertiary/aromatic N) is 1. The minimum absolute atomic E-state index is 0.117. The van der Waals surface area contributed by atoms with Crippen LogP contribution in [0, 0.1) is 0 Å². The van der Waals surface area contributed by atoms with Crippen molar-refractivity contribution in [3.63, 3.8) is 0 Å². The molecule has 0 fully saturated rings. The Kier molecular flexibility index (Phi) is 6.42. The van der Waals surface area contributed by atoms with E-state index >= 15 is 0 Å². The van der Waals surface area contributed by atoms with Crippen LogP contribution < -0.4 is 0 Å². The summed E-state index contributed by atoms with van der Waals surface area (Å²) in [5.74, 6) is -1.39. The zero-order valence-corrected chi connectivity index (χ0v) is 13.8. The zero-order chi connectivity index (χ0) is 16.2. The summed E-state index contributed by atoms with van der Waals surface area (Å²) >= 11 is 11.6. The molecule has 0 aliphatic rings. The molecule has 0 aliphatic heterocycles. The lowest BCUT2D eigenvalue weighted by Crippen LogP contribution is -2.29.